The van der Waals surface area contributed by atoms with Crippen molar-refractivity contribution in [1.82, 2.24) is 0 Å². The number of hydrogen-bond acceptors (Lipinski definition) is 3. The molecule has 27 heavy (non-hydrogen) atoms. The van der Waals surface area contributed by atoms with Gasteiger partial charge in [-0.25, -0.2) is 0 Å². The lowest BCUT2D eigenvalue weighted by Gasteiger charge is -2.06. The van der Waals surface area contributed by atoms with Gasteiger partial charge in [-0.2, -0.15) is 0 Å². The quantitative estimate of drug-likeness (QED) is 0.0650. The fourth-order valence-electron chi connectivity index (χ4n) is 2.41. The van der Waals surface area contributed by atoms with Crippen LogP contribution in [0.2, 0.25) is 0 Å². The smallest absolute Gasteiger partial charge is 0.149 e. The first-order valence-corrected chi connectivity index (χ1v) is 12.8. The molecule has 0 heterocycles. The summed E-state index contributed by atoms with van der Waals surface area (Å²) in [5.74, 6) is 0. The van der Waals surface area contributed by atoms with Crippen molar-refractivity contribution in [2.45, 2.75) is 77.0 Å². The van der Waals surface area contributed by atoms with Gasteiger partial charge in [0.15, 0.2) is 0 Å². The summed E-state index contributed by atoms with van der Waals surface area (Å²) in [6.07, 6.45) is 23.5. The van der Waals surface area contributed by atoms with Crippen molar-refractivity contribution in [3.05, 3.63) is 24.3 Å². The van der Waals surface area contributed by atoms with Gasteiger partial charge in [-0.1, -0.05) is 69.0 Å². The summed E-state index contributed by atoms with van der Waals surface area (Å²) in [6, 6.07) is 0. The van der Waals surface area contributed by atoms with E-state index in [1.807, 2.05) is 0 Å². The minimum absolute atomic E-state index is 0.324. The Labute approximate surface area is 184 Å². The van der Waals surface area contributed by atoms with Gasteiger partial charge in [-0.05, 0) is 64.2 Å². The van der Waals surface area contributed by atoms with E-state index in [2.05, 4.69) is 56.2 Å². The predicted octanol–water partition coefficient (Wildman–Crippen LogP) is 7.53. The average molecular weight is 512 g/mol. The fraction of sp³-hybridized carbons (Fsp3) is 0.818. The Bertz CT molecular complexity index is 293. The van der Waals surface area contributed by atoms with Crippen molar-refractivity contribution in [2.24, 2.45) is 0 Å². The van der Waals surface area contributed by atoms with E-state index in [9.17, 15) is 0 Å². The van der Waals surface area contributed by atoms with Crippen LogP contribution in [0.5, 0.6) is 0 Å². The molecule has 0 aliphatic carbocycles. The van der Waals surface area contributed by atoms with Crippen molar-refractivity contribution < 1.29 is 14.2 Å². The maximum Gasteiger partial charge on any atom is 0.149 e. The lowest BCUT2D eigenvalue weighted by molar-refractivity contribution is -0.131. The summed E-state index contributed by atoms with van der Waals surface area (Å²) in [5.41, 5.74) is 0. The first-order chi connectivity index (χ1) is 13.4. The zero-order valence-electron chi connectivity index (χ0n) is 17.0. The molecule has 0 rings (SSSR count). The van der Waals surface area contributed by atoms with Gasteiger partial charge in [0.1, 0.15) is 13.6 Å². The molecule has 0 amide bonds. The highest BCUT2D eigenvalue weighted by Crippen LogP contribution is 2.04. The van der Waals surface area contributed by atoms with Crippen LogP contribution in [0.4, 0.5) is 0 Å². The number of hydrogen-bond donors (Lipinski definition) is 0. The molecule has 0 aliphatic rings. The van der Waals surface area contributed by atoms with Crippen molar-refractivity contribution >= 4 is 31.9 Å². The van der Waals surface area contributed by atoms with Crippen LogP contribution in [-0.4, -0.2) is 37.5 Å². The molecule has 0 N–H and O–H groups in total. The van der Waals surface area contributed by atoms with Crippen LogP contribution in [-0.2, 0) is 14.2 Å². The van der Waals surface area contributed by atoms with Crippen LogP contribution in [0.3, 0.4) is 0 Å². The molecule has 0 aliphatic heterocycles. The van der Waals surface area contributed by atoms with E-state index in [0.29, 0.717) is 13.6 Å². The van der Waals surface area contributed by atoms with Crippen molar-refractivity contribution in [2.75, 3.05) is 37.5 Å². The first kappa shape index (κ1) is 27.3. The molecule has 0 saturated heterocycles. The van der Waals surface area contributed by atoms with Gasteiger partial charge >= 0.3 is 0 Å². The highest BCUT2D eigenvalue weighted by atomic mass is 79.9. The van der Waals surface area contributed by atoms with Gasteiger partial charge in [0.2, 0.25) is 0 Å². The minimum atomic E-state index is 0.324. The fourth-order valence-corrected chi connectivity index (χ4v) is 3.21. The van der Waals surface area contributed by atoms with Crippen molar-refractivity contribution in [3.8, 4) is 0 Å². The summed E-state index contributed by atoms with van der Waals surface area (Å²) in [5, 5.41) is 2.24. The third-order valence-corrected chi connectivity index (χ3v) is 5.12. The Morgan fingerprint density at radius 2 is 0.852 bits per heavy atom. The molecule has 0 unspecified atom stereocenters. The average Bonchev–Trinajstić information content (AvgIpc) is 2.68. The van der Waals surface area contributed by atoms with E-state index in [4.69, 9.17) is 14.2 Å². The Morgan fingerprint density at radius 3 is 1.26 bits per heavy atom. The van der Waals surface area contributed by atoms with Gasteiger partial charge in [-0.3, -0.25) is 0 Å². The van der Waals surface area contributed by atoms with Gasteiger partial charge in [-0.15, -0.1) is 0 Å². The normalized spacial score (nSPS) is 11.9. The highest BCUT2D eigenvalue weighted by Gasteiger charge is 1.91. The van der Waals surface area contributed by atoms with Crippen molar-refractivity contribution in [1.29, 1.82) is 0 Å². The number of alkyl halides is 2. The van der Waals surface area contributed by atoms with E-state index >= 15 is 0 Å². The summed E-state index contributed by atoms with van der Waals surface area (Å²) >= 11 is 6.91. The van der Waals surface area contributed by atoms with Crippen molar-refractivity contribution in [3.63, 3.8) is 0 Å². The lowest BCUT2D eigenvalue weighted by Crippen LogP contribution is -2.06. The predicted molar refractivity (Wildman–Crippen MR) is 124 cm³/mol. The lowest BCUT2D eigenvalue weighted by atomic mass is 10.2. The Kier molecular flexibility index (Phi) is 26.6. The first-order valence-electron chi connectivity index (χ1n) is 10.6. The number of allylic oxidation sites excluding steroid dienone is 4. The third kappa shape index (κ3) is 26.3. The monoisotopic (exact) mass is 510 g/mol. The molecule has 0 aromatic carbocycles. The second-order valence-electron chi connectivity index (χ2n) is 6.56. The SMILES string of the molecule is BrCCCCCC=CCCCOCOCOCCCC=CCCCCCBr. The van der Waals surface area contributed by atoms with E-state index in [-0.39, 0.29) is 0 Å². The molecule has 160 valence electrons. The van der Waals surface area contributed by atoms with Crippen LogP contribution < -0.4 is 0 Å². The number of unbranched alkanes of at least 4 members (excludes halogenated alkanes) is 8. The van der Waals surface area contributed by atoms with Crippen LogP contribution in [0.1, 0.15) is 77.0 Å². The standard InChI is InChI=1S/C22H40Br2O3/c23-17-13-9-5-1-3-7-11-15-19-25-21-27-22-26-20-16-12-8-4-2-6-10-14-18-24/h3-4,7-8H,1-2,5-6,9-22H2. The summed E-state index contributed by atoms with van der Waals surface area (Å²) < 4.78 is 16.2. The van der Waals surface area contributed by atoms with E-state index < -0.39 is 0 Å². The molecule has 0 spiro atoms. The second kappa shape index (κ2) is 26.3. The molecule has 0 bridgehead atoms. The highest BCUT2D eigenvalue weighted by molar-refractivity contribution is 9.09. The van der Waals surface area contributed by atoms with Crippen LogP contribution in [0, 0.1) is 0 Å². The molecule has 5 heteroatoms. The molecule has 0 aromatic rings. The molecule has 0 atom stereocenters. The molecule has 3 nitrogen and oxygen atoms in total. The minimum Gasteiger partial charge on any atom is -0.355 e. The zero-order chi connectivity index (χ0) is 19.7. The van der Waals surface area contributed by atoms with Gasteiger partial charge < -0.3 is 14.2 Å². The van der Waals surface area contributed by atoms with Gasteiger partial charge in [0, 0.05) is 23.9 Å². The van der Waals surface area contributed by atoms with Crippen LogP contribution >= 0.6 is 31.9 Å². The maximum absolute atomic E-state index is 5.44. The summed E-state index contributed by atoms with van der Waals surface area (Å²) in [6.45, 7) is 2.14. The third-order valence-electron chi connectivity index (χ3n) is 3.99. The molecule has 0 saturated carbocycles. The molecular weight excluding hydrogens is 472 g/mol. The topological polar surface area (TPSA) is 27.7 Å². The molecule has 0 radical (unpaired) electrons. The second-order valence-corrected chi connectivity index (χ2v) is 8.15. The van der Waals surface area contributed by atoms with Gasteiger partial charge in [0.05, 0.1) is 0 Å². The number of halogens is 2. The number of ether oxygens (including phenoxy) is 3. The van der Waals surface area contributed by atoms with Crippen LogP contribution in [0.25, 0.3) is 0 Å². The number of rotatable bonds is 22. The maximum atomic E-state index is 5.44. The molecular formula is C22H40Br2O3. The van der Waals surface area contributed by atoms with E-state index in [1.165, 1.54) is 51.4 Å². The zero-order valence-corrected chi connectivity index (χ0v) is 20.2. The largest absolute Gasteiger partial charge is 0.355 e. The van der Waals surface area contributed by atoms with E-state index in [0.717, 1.165) is 49.6 Å². The Hall–Kier alpha value is 0.320. The Morgan fingerprint density at radius 1 is 0.444 bits per heavy atom. The molecule has 0 aromatic heterocycles. The Balaban J connectivity index is 3.08. The van der Waals surface area contributed by atoms with Gasteiger partial charge in [0.25, 0.3) is 0 Å². The summed E-state index contributed by atoms with van der Waals surface area (Å²) in [4.78, 5) is 0. The van der Waals surface area contributed by atoms with Crippen LogP contribution in [0.15, 0.2) is 24.3 Å². The van der Waals surface area contributed by atoms with E-state index in [1.54, 1.807) is 0 Å². The molecule has 0 fully saturated rings. The summed E-state index contributed by atoms with van der Waals surface area (Å²) in [7, 11) is 0.